The van der Waals surface area contributed by atoms with E-state index in [0.717, 1.165) is 44.7 Å². The molecule has 0 atom stereocenters. The first-order valence-corrected chi connectivity index (χ1v) is 18.9. The number of carboxylic acid groups (broad SMARTS) is 1. The summed E-state index contributed by atoms with van der Waals surface area (Å²) >= 11 is 6.44. The van der Waals surface area contributed by atoms with Crippen LogP contribution in [0.15, 0.2) is 48.7 Å². The summed E-state index contributed by atoms with van der Waals surface area (Å²) in [5.74, 6) is 0.176. The number of piperazine rings is 1. The van der Waals surface area contributed by atoms with Crippen molar-refractivity contribution >= 4 is 64.8 Å². The molecule has 0 bridgehead atoms. The Kier molecular flexibility index (Phi) is 9.38. The standard InChI is InChI=1S/C33H41ClN7O5P/c1-46-27-20-23(39-14-10-22(11-15-39)40-16-18-41(19-17-40)30(42)33(12-13-33)31(43)44)8-9-25(27)37-32-35-21-24(34)29(38-32)36-26-6-4-5-7-28(26)47(2,3)45/h4-9,20-22H,10-19H2,1-3H3,(H,43,44)(H2,35,36,37,38). The van der Waals surface area contributed by atoms with Crippen LogP contribution in [0.2, 0.25) is 5.02 Å². The Morgan fingerprint density at radius 1 is 1.00 bits per heavy atom. The smallest absolute Gasteiger partial charge is 0.319 e. The van der Waals surface area contributed by atoms with Crippen LogP contribution < -0.4 is 25.6 Å². The zero-order valence-corrected chi connectivity index (χ0v) is 28.6. The zero-order chi connectivity index (χ0) is 33.3. The summed E-state index contributed by atoms with van der Waals surface area (Å²) < 4.78 is 18.6. The van der Waals surface area contributed by atoms with E-state index in [-0.39, 0.29) is 5.91 Å². The lowest BCUT2D eigenvalue weighted by Crippen LogP contribution is -2.56. The number of carboxylic acids is 1. The largest absolute Gasteiger partial charge is 0.494 e. The highest BCUT2D eigenvalue weighted by molar-refractivity contribution is 7.70. The Morgan fingerprint density at radius 2 is 1.70 bits per heavy atom. The molecule has 0 unspecified atom stereocenters. The average molecular weight is 682 g/mol. The zero-order valence-electron chi connectivity index (χ0n) is 26.9. The van der Waals surface area contributed by atoms with Crippen LogP contribution in [-0.4, -0.2) is 103 Å². The molecule has 2 saturated heterocycles. The molecule has 14 heteroatoms. The van der Waals surface area contributed by atoms with Gasteiger partial charge in [-0.2, -0.15) is 4.98 Å². The fourth-order valence-electron chi connectivity index (χ4n) is 6.52. The van der Waals surface area contributed by atoms with Crippen LogP contribution in [0.3, 0.4) is 0 Å². The number of benzene rings is 2. The molecule has 3 aliphatic rings. The number of aliphatic carboxylic acids is 1. The van der Waals surface area contributed by atoms with Crippen molar-refractivity contribution in [2.24, 2.45) is 5.41 Å². The summed E-state index contributed by atoms with van der Waals surface area (Å²) in [4.78, 5) is 39.9. The number of nitrogens with zero attached hydrogens (tertiary/aromatic N) is 5. The van der Waals surface area contributed by atoms with E-state index in [2.05, 4.69) is 36.5 Å². The van der Waals surface area contributed by atoms with Crippen LogP contribution in [0.4, 0.5) is 28.8 Å². The van der Waals surface area contributed by atoms with E-state index in [1.807, 2.05) is 36.4 Å². The molecule has 12 nitrogen and oxygen atoms in total. The molecule has 3 aromatic rings. The molecule has 2 aliphatic heterocycles. The number of hydrogen-bond acceptors (Lipinski definition) is 10. The molecule has 3 heterocycles. The van der Waals surface area contributed by atoms with Gasteiger partial charge in [0.2, 0.25) is 11.9 Å². The number of halogens is 1. The average Bonchev–Trinajstić information content (AvgIpc) is 3.89. The molecular weight excluding hydrogens is 641 g/mol. The molecule has 3 N–H and O–H groups in total. The minimum absolute atomic E-state index is 0.210. The Morgan fingerprint density at radius 3 is 2.34 bits per heavy atom. The van der Waals surface area contributed by atoms with E-state index in [9.17, 15) is 19.3 Å². The molecule has 250 valence electrons. The number of rotatable bonds is 10. The highest BCUT2D eigenvalue weighted by Gasteiger charge is 2.58. The van der Waals surface area contributed by atoms with Gasteiger partial charge in [0, 0.05) is 62.4 Å². The van der Waals surface area contributed by atoms with Crippen LogP contribution >= 0.6 is 18.7 Å². The number of nitrogens with one attached hydrogen (secondary N) is 2. The van der Waals surface area contributed by atoms with E-state index in [1.165, 1.54) is 6.20 Å². The fraction of sp³-hybridized carbons (Fsp3) is 0.455. The van der Waals surface area contributed by atoms with Crippen molar-refractivity contribution in [3.63, 3.8) is 0 Å². The third-order valence-corrected chi connectivity index (χ3v) is 11.3. The van der Waals surface area contributed by atoms with Crippen molar-refractivity contribution in [2.75, 3.05) is 75.2 Å². The molecule has 47 heavy (non-hydrogen) atoms. The van der Waals surface area contributed by atoms with Gasteiger partial charge >= 0.3 is 5.97 Å². The topological polar surface area (TPSA) is 140 Å². The molecule has 3 fully saturated rings. The number of methoxy groups -OCH3 is 1. The van der Waals surface area contributed by atoms with Gasteiger partial charge in [-0.1, -0.05) is 23.7 Å². The van der Waals surface area contributed by atoms with Gasteiger partial charge in [-0.15, -0.1) is 0 Å². The Bertz CT molecular complexity index is 1700. The number of piperidine rings is 1. The summed E-state index contributed by atoms with van der Waals surface area (Å²) in [5.41, 5.74) is 1.28. The number of ether oxygens (including phenoxy) is 1. The monoisotopic (exact) mass is 681 g/mol. The lowest BCUT2D eigenvalue weighted by molar-refractivity contribution is -0.154. The second-order valence-electron chi connectivity index (χ2n) is 12.8. The van der Waals surface area contributed by atoms with Crippen LogP contribution in [0.5, 0.6) is 5.75 Å². The number of para-hydroxylation sites is 1. The highest BCUT2D eigenvalue weighted by Crippen LogP contribution is 2.47. The molecule has 1 saturated carbocycles. The second-order valence-corrected chi connectivity index (χ2v) is 16.4. The van der Waals surface area contributed by atoms with Crippen molar-refractivity contribution in [3.05, 3.63) is 53.7 Å². The van der Waals surface area contributed by atoms with Gasteiger partial charge in [0.1, 0.15) is 23.3 Å². The van der Waals surface area contributed by atoms with Gasteiger partial charge in [0.05, 0.1) is 24.7 Å². The summed E-state index contributed by atoms with van der Waals surface area (Å²) in [6, 6.07) is 13.8. The Balaban J connectivity index is 1.06. The minimum atomic E-state index is -2.54. The predicted molar refractivity (Wildman–Crippen MR) is 185 cm³/mol. The third-order valence-electron chi connectivity index (χ3n) is 9.43. The number of anilines is 5. The van der Waals surface area contributed by atoms with Crippen molar-refractivity contribution in [1.29, 1.82) is 0 Å². The SMILES string of the molecule is COc1cc(N2CCC(N3CCN(C(=O)C4(C(=O)O)CC4)CC3)CC2)ccc1Nc1ncc(Cl)c(Nc2ccccc2P(C)(C)=O)n1. The van der Waals surface area contributed by atoms with Crippen LogP contribution in [0, 0.1) is 5.41 Å². The Labute approximate surface area is 279 Å². The predicted octanol–water partition coefficient (Wildman–Crippen LogP) is 4.85. The normalized spacial score (nSPS) is 18.5. The maximum absolute atomic E-state index is 12.8. The summed E-state index contributed by atoms with van der Waals surface area (Å²) in [6.45, 7) is 7.94. The molecule has 0 radical (unpaired) electrons. The van der Waals surface area contributed by atoms with E-state index in [4.69, 9.17) is 16.3 Å². The molecular formula is C33H41ClN7O5P. The van der Waals surface area contributed by atoms with Gasteiger partial charge in [-0.25, -0.2) is 4.98 Å². The molecule has 6 rings (SSSR count). The quantitative estimate of drug-likeness (QED) is 0.200. The van der Waals surface area contributed by atoms with Crippen molar-refractivity contribution < 1.29 is 24.0 Å². The van der Waals surface area contributed by atoms with Crippen LogP contribution in [0.25, 0.3) is 0 Å². The lowest BCUT2D eigenvalue weighted by Gasteiger charge is -2.43. The molecule has 0 spiro atoms. The minimum Gasteiger partial charge on any atom is -0.494 e. The number of aromatic nitrogens is 2. The van der Waals surface area contributed by atoms with E-state index in [0.29, 0.717) is 71.2 Å². The maximum atomic E-state index is 12.8. The van der Waals surface area contributed by atoms with Gasteiger partial charge in [-0.05, 0) is 63.3 Å². The lowest BCUT2D eigenvalue weighted by atomic mass is 10.0. The van der Waals surface area contributed by atoms with E-state index < -0.39 is 18.5 Å². The third kappa shape index (κ3) is 7.05. The van der Waals surface area contributed by atoms with Crippen LogP contribution in [0.1, 0.15) is 25.7 Å². The summed E-state index contributed by atoms with van der Waals surface area (Å²) in [6.07, 6.45) is 4.42. The van der Waals surface area contributed by atoms with Crippen molar-refractivity contribution in [2.45, 2.75) is 31.7 Å². The highest BCUT2D eigenvalue weighted by atomic mass is 35.5. The van der Waals surface area contributed by atoms with Crippen molar-refractivity contribution in [3.8, 4) is 5.75 Å². The first kappa shape index (κ1) is 33.1. The number of carbonyl (C=O) groups is 2. The number of amides is 1. The number of hydrogen-bond donors (Lipinski definition) is 3. The van der Waals surface area contributed by atoms with Gasteiger partial charge in [0.25, 0.3) is 0 Å². The number of carbonyl (C=O) groups excluding carboxylic acids is 1. The molecule has 2 aromatic carbocycles. The summed E-state index contributed by atoms with van der Waals surface area (Å²) in [5, 5.41) is 17.0. The summed E-state index contributed by atoms with van der Waals surface area (Å²) in [7, 11) is -0.913. The second kappa shape index (κ2) is 13.3. The van der Waals surface area contributed by atoms with E-state index >= 15 is 0 Å². The van der Waals surface area contributed by atoms with Gasteiger partial charge < -0.3 is 34.8 Å². The molecule has 1 aromatic heterocycles. The van der Waals surface area contributed by atoms with E-state index in [1.54, 1.807) is 25.3 Å². The molecule has 1 aliphatic carbocycles. The molecule has 1 amide bonds. The first-order chi connectivity index (χ1) is 22.5. The maximum Gasteiger partial charge on any atom is 0.319 e. The first-order valence-electron chi connectivity index (χ1n) is 15.9. The van der Waals surface area contributed by atoms with Crippen LogP contribution in [-0.2, 0) is 14.2 Å². The van der Waals surface area contributed by atoms with Gasteiger partial charge in [0.15, 0.2) is 5.82 Å². The van der Waals surface area contributed by atoms with Crippen molar-refractivity contribution in [1.82, 2.24) is 19.8 Å². The Hall–Kier alpha value is -3.86. The van der Waals surface area contributed by atoms with Gasteiger partial charge in [-0.3, -0.25) is 14.5 Å². The fourth-order valence-corrected chi connectivity index (χ4v) is 7.81.